The number of hydrogen-bond donors (Lipinski definition) is 1. The van der Waals surface area contributed by atoms with Crippen LogP contribution in [0.1, 0.15) is 43.0 Å². The Balaban J connectivity index is 2.03. The first-order valence-electron chi connectivity index (χ1n) is 6.81. The molecule has 1 fully saturated rings. The summed E-state index contributed by atoms with van der Waals surface area (Å²) in [7, 11) is 0. The number of nitrogens with zero attached hydrogens (tertiary/aromatic N) is 1. The van der Waals surface area contributed by atoms with Gasteiger partial charge in [0.25, 0.3) is 5.91 Å². The molecule has 2 rings (SSSR count). The number of likely N-dealkylation sites (tertiary alicyclic amines) is 1. The number of H-pyrrole nitrogens is 1. The Labute approximate surface area is 112 Å². The molecule has 2 heterocycles. The van der Waals surface area contributed by atoms with Gasteiger partial charge >= 0.3 is 5.97 Å². The van der Waals surface area contributed by atoms with E-state index in [0.29, 0.717) is 25.1 Å². The highest BCUT2D eigenvalue weighted by atomic mass is 16.5. The first-order valence-corrected chi connectivity index (χ1v) is 6.81. The number of rotatable bonds is 4. The Morgan fingerprint density at radius 2 is 2.32 bits per heavy atom. The first-order chi connectivity index (χ1) is 9.22. The van der Waals surface area contributed by atoms with E-state index in [4.69, 9.17) is 4.74 Å². The van der Waals surface area contributed by atoms with Crippen LogP contribution in [-0.2, 0) is 9.53 Å². The molecule has 0 bridgehead atoms. The minimum absolute atomic E-state index is 0.00440. The first kappa shape index (κ1) is 13.6. The topological polar surface area (TPSA) is 62.4 Å². The lowest BCUT2D eigenvalue weighted by Gasteiger charge is -2.35. The Kier molecular flexibility index (Phi) is 4.60. The number of ether oxygens (including phenoxy) is 1. The molecule has 0 radical (unpaired) electrons. The number of piperidine rings is 1. The highest BCUT2D eigenvalue weighted by Gasteiger charge is 2.29. The largest absolute Gasteiger partial charge is 0.466 e. The molecule has 1 aliphatic heterocycles. The average molecular weight is 264 g/mol. The van der Waals surface area contributed by atoms with Crippen molar-refractivity contribution in [1.82, 2.24) is 9.88 Å². The van der Waals surface area contributed by atoms with Crippen LogP contribution in [0.3, 0.4) is 0 Å². The van der Waals surface area contributed by atoms with E-state index >= 15 is 0 Å². The quantitative estimate of drug-likeness (QED) is 0.846. The van der Waals surface area contributed by atoms with Crippen molar-refractivity contribution in [3.63, 3.8) is 0 Å². The van der Waals surface area contributed by atoms with Crippen molar-refractivity contribution >= 4 is 11.9 Å². The third-order valence-electron chi connectivity index (χ3n) is 3.44. The van der Waals surface area contributed by atoms with Crippen LogP contribution in [0.4, 0.5) is 0 Å². The Hall–Kier alpha value is -1.78. The van der Waals surface area contributed by atoms with E-state index < -0.39 is 0 Å². The van der Waals surface area contributed by atoms with Crippen LogP contribution < -0.4 is 0 Å². The van der Waals surface area contributed by atoms with Gasteiger partial charge in [-0.05, 0) is 32.3 Å². The zero-order chi connectivity index (χ0) is 13.7. The van der Waals surface area contributed by atoms with E-state index in [1.165, 1.54) is 0 Å². The van der Waals surface area contributed by atoms with Gasteiger partial charge in [-0.3, -0.25) is 9.59 Å². The summed E-state index contributed by atoms with van der Waals surface area (Å²) in [5.41, 5.74) is 0.649. The summed E-state index contributed by atoms with van der Waals surface area (Å²) >= 11 is 0. The van der Waals surface area contributed by atoms with Gasteiger partial charge in [-0.15, -0.1) is 0 Å². The van der Waals surface area contributed by atoms with Gasteiger partial charge in [-0.25, -0.2) is 0 Å². The van der Waals surface area contributed by atoms with Crippen molar-refractivity contribution in [3.8, 4) is 0 Å². The second kappa shape index (κ2) is 6.41. The molecular weight excluding hydrogens is 244 g/mol. The standard InChI is InChI=1S/C14H20N2O3/c1-2-19-13(17)9-12-5-3-4-8-16(12)14(18)11-6-7-15-10-11/h6-7,10,12,15H,2-5,8-9H2,1H3. The van der Waals surface area contributed by atoms with Crippen molar-refractivity contribution in [1.29, 1.82) is 0 Å². The maximum atomic E-state index is 12.4. The highest BCUT2D eigenvalue weighted by molar-refractivity contribution is 5.94. The van der Waals surface area contributed by atoms with Gasteiger partial charge in [0, 0.05) is 25.0 Å². The highest BCUT2D eigenvalue weighted by Crippen LogP contribution is 2.22. The number of esters is 1. The second-order valence-corrected chi connectivity index (χ2v) is 4.76. The molecule has 0 spiro atoms. The van der Waals surface area contributed by atoms with Gasteiger partial charge in [0.2, 0.25) is 0 Å². The van der Waals surface area contributed by atoms with Gasteiger partial charge in [0.05, 0.1) is 18.6 Å². The third kappa shape index (κ3) is 3.36. The fourth-order valence-electron chi connectivity index (χ4n) is 2.52. The fraction of sp³-hybridized carbons (Fsp3) is 0.571. The molecule has 5 nitrogen and oxygen atoms in total. The van der Waals surface area contributed by atoms with Gasteiger partial charge in [-0.1, -0.05) is 0 Å². The Bertz CT molecular complexity index is 428. The Morgan fingerprint density at radius 3 is 3.00 bits per heavy atom. The van der Waals surface area contributed by atoms with Crippen LogP contribution in [0, 0.1) is 0 Å². The van der Waals surface area contributed by atoms with Crippen LogP contribution in [0.5, 0.6) is 0 Å². The summed E-state index contributed by atoms with van der Waals surface area (Å²) in [6.45, 7) is 2.90. The van der Waals surface area contributed by atoms with Crippen molar-refractivity contribution < 1.29 is 14.3 Å². The van der Waals surface area contributed by atoms with Crippen LogP contribution in [-0.4, -0.2) is 41.0 Å². The van der Waals surface area contributed by atoms with E-state index in [-0.39, 0.29) is 17.9 Å². The lowest BCUT2D eigenvalue weighted by molar-refractivity contribution is -0.144. The lowest BCUT2D eigenvalue weighted by atomic mass is 9.98. The van der Waals surface area contributed by atoms with Gasteiger partial charge in [-0.2, -0.15) is 0 Å². The second-order valence-electron chi connectivity index (χ2n) is 4.76. The maximum Gasteiger partial charge on any atom is 0.307 e. The molecule has 19 heavy (non-hydrogen) atoms. The number of aromatic amines is 1. The summed E-state index contributed by atoms with van der Waals surface area (Å²) in [6, 6.07) is 1.73. The van der Waals surface area contributed by atoms with Gasteiger partial charge < -0.3 is 14.6 Å². The van der Waals surface area contributed by atoms with Crippen molar-refractivity contribution in [2.75, 3.05) is 13.2 Å². The van der Waals surface area contributed by atoms with Crippen LogP contribution in [0.25, 0.3) is 0 Å². The molecule has 1 N–H and O–H groups in total. The van der Waals surface area contributed by atoms with E-state index in [9.17, 15) is 9.59 Å². The molecular formula is C14H20N2O3. The zero-order valence-electron chi connectivity index (χ0n) is 11.2. The van der Waals surface area contributed by atoms with E-state index in [1.807, 2.05) is 4.90 Å². The van der Waals surface area contributed by atoms with Gasteiger partial charge in [0.15, 0.2) is 0 Å². The lowest BCUT2D eigenvalue weighted by Crippen LogP contribution is -2.44. The summed E-state index contributed by atoms with van der Waals surface area (Å²) in [4.78, 5) is 28.7. The minimum atomic E-state index is -0.221. The van der Waals surface area contributed by atoms with Gasteiger partial charge in [0.1, 0.15) is 0 Å². The number of hydrogen-bond acceptors (Lipinski definition) is 3. The van der Waals surface area contributed by atoms with Crippen molar-refractivity contribution in [2.45, 2.75) is 38.6 Å². The molecule has 1 saturated heterocycles. The third-order valence-corrected chi connectivity index (χ3v) is 3.44. The SMILES string of the molecule is CCOC(=O)CC1CCCCN1C(=O)c1cc[nH]c1. The summed E-state index contributed by atoms with van der Waals surface area (Å²) in [6.07, 6.45) is 6.64. The predicted octanol–water partition coefficient (Wildman–Crippen LogP) is 1.96. The molecule has 1 aliphatic rings. The number of carbonyl (C=O) groups is 2. The molecule has 104 valence electrons. The molecule has 1 aromatic heterocycles. The number of carbonyl (C=O) groups excluding carboxylic acids is 2. The number of aromatic nitrogens is 1. The number of nitrogens with one attached hydrogen (secondary N) is 1. The van der Waals surface area contributed by atoms with E-state index in [1.54, 1.807) is 25.4 Å². The van der Waals surface area contributed by atoms with Crippen LogP contribution >= 0.6 is 0 Å². The molecule has 0 aromatic carbocycles. The molecule has 5 heteroatoms. The average Bonchev–Trinajstić information content (AvgIpc) is 2.93. The molecule has 0 aliphatic carbocycles. The normalized spacial score (nSPS) is 19.2. The summed E-state index contributed by atoms with van der Waals surface area (Å²) < 4.78 is 4.98. The van der Waals surface area contributed by atoms with Crippen LogP contribution in [0.15, 0.2) is 18.5 Å². The number of amides is 1. The smallest absolute Gasteiger partial charge is 0.307 e. The molecule has 1 amide bonds. The fourth-order valence-corrected chi connectivity index (χ4v) is 2.52. The van der Waals surface area contributed by atoms with E-state index in [0.717, 1.165) is 19.3 Å². The summed E-state index contributed by atoms with van der Waals surface area (Å²) in [5.74, 6) is -0.225. The molecule has 1 aromatic rings. The molecule has 1 atom stereocenters. The zero-order valence-corrected chi connectivity index (χ0v) is 11.2. The monoisotopic (exact) mass is 264 g/mol. The predicted molar refractivity (Wildman–Crippen MR) is 70.7 cm³/mol. The molecule has 0 saturated carbocycles. The van der Waals surface area contributed by atoms with Crippen molar-refractivity contribution in [2.24, 2.45) is 0 Å². The van der Waals surface area contributed by atoms with Crippen molar-refractivity contribution in [3.05, 3.63) is 24.0 Å². The Morgan fingerprint density at radius 1 is 1.47 bits per heavy atom. The summed E-state index contributed by atoms with van der Waals surface area (Å²) in [5, 5.41) is 0. The van der Waals surface area contributed by atoms with Crippen LogP contribution in [0.2, 0.25) is 0 Å². The maximum absolute atomic E-state index is 12.4. The minimum Gasteiger partial charge on any atom is -0.466 e. The van der Waals surface area contributed by atoms with E-state index in [2.05, 4.69) is 4.98 Å². The molecule has 1 unspecified atom stereocenters.